The van der Waals surface area contributed by atoms with Gasteiger partial charge in [0.05, 0.1) is 11.4 Å². The first kappa shape index (κ1) is 21.3. The molecule has 1 N–H and O–H groups in total. The van der Waals surface area contributed by atoms with E-state index in [4.69, 9.17) is 4.52 Å². The van der Waals surface area contributed by atoms with Crippen molar-refractivity contribution in [2.45, 2.75) is 30.3 Å². The number of hydrogen-bond donors (Lipinski definition) is 1. The number of fused-ring (bicyclic) bond motifs is 1. The van der Waals surface area contributed by atoms with E-state index in [-0.39, 0.29) is 23.2 Å². The summed E-state index contributed by atoms with van der Waals surface area (Å²) in [6, 6.07) is 21.2. The van der Waals surface area contributed by atoms with Gasteiger partial charge in [0.15, 0.2) is 0 Å². The van der Waals surface area contributed by atoms with E-state index >= 15 is 0 Å². The van der Waals surface area contributed by atoms with Gasteiger partial charge in [0.1, 0.15) is 6.04 Å². The zero-order chi connectivity index (χ0) is 22.8. The Balaban J connectivity index is 1.29. The summed E-state index contributed by atoms with van der Waals surface area (Å²) in [6.07, 6.45) is 1.07. The molecule has 1 unspecified atom stereocenters. The lowest BCUT2D eigenvalue weighted by Gasteiger charge is -2.23. The van der Waals surface area contributed by atoms with E-state index in [1.54, 1.807) is 18.2 Å². The van der Waals surface area contributed by atoms with Crippen LogP contribution in [-0.2, 0) is 21.4 Å². The van der Waals surface area contributed by atoms with Crippen LogP contribution >= 0.6 is 0 Å². The topological polar surface area (TPSA) is 105 Å². The van der Waals surface area contributed by atoms with E-state index in [1.165, 1.54) is 4.31 Å². The van der Waals surface area contributed by atoms with Crippen molar-refractivity contribution in [3.63, 3.8) is 0 Å². The first-order chi connectivity index (χ1) is 16.0. The minimum atomic E-state index is -3.82. The third-order valence-electron chi connectivity index (χ3n) is 5.75. The van der Waals surface area contributed by atoms with Gasteiger partial charge >= 0.3 is 0 Å². The van der Waals surface area contributed by atoms with Crippen molar-refractivity contribution >= 4 is 26.7 Å². The van der Waals surface area contributed by atoms with Crippen LogP contribution in [0.2, 0.25) is 0 Å². The van der Waals surface area contributed by atoms with Crippen molar-refractivity contribution in [3.05, 3.63) is 78.7 Å². The second-order valence-electron chi connectivity index (χ2n) is 7.88. The van der Waals surface area contributed by atoms with Gasteiger partial charge < -0.3 is 9.84 Å². The Hall–Kier alpha value is -3.56. The number of nitrogens with zero attached hydrogens (tertiary/aromatic N) is 3. The summed E-state index contributed by atoms with van der Waals surface area (Å²) in [4.78, 5) is 17.4. The molecule has 9 heteroatoms. The molecule has 2 heterocycles. The van der Waals surface area contributed by atoms with E-state index in [1.807, 2.05) is 54.6 Å². The molecule has 5 rings (SSSR count). The monoisotopic (exact) mass is 462 g/mol. The summed E-state index contributed by atoms with van der Waals surface area (Å²) in [5, 5.41) is 8.48. The molecule has 1 saturated heterocycles. The molecule has 1 aliphatic heterocycles. The minimum absolute atomic E-state index is 0.0268. The molecule has 0 bridgehead atoms. The largest absolute Gasteiger partial charge is 0.346 e. The Morgan fingerprint density at radius 3 is 2.61 bits per heavy atom. The highest BCUT2D eigenvalue weighted by atomic mass is 32.2. The van der Waals surface area contributed by atoms with E-state index in [9.17, 15) is 13.2 Å². The van der Waals surface area contributed by atoms with Gasteiger partial charge in [-0.3, -0.25) is 4.79 Å². The number of benzene rings is 3. The van der Waals surface area contributed by atoms with Crippen molar-refractivity contribution in [1.29, 1.82) is 0 Å². The van der Waals surface area contributed by atoms with Crippen molar-refractivity contribution < 1.29 is 17.7 Å². The van der Waals surface area contributed by atoms with Crippen LogP contribution in [0.4, 0.5) is 0 Å². The zero-order valence-corrected chi connectivity index (χ0v) is 18.5. The van der Waals surface area contributed by atoms with Gasteiger partial charge in [-0.1, -0.05) is 65.8 Å². The Morgan fingerprint density at radius 2 is 1.79 bits per heavy atom. The smallest absolute Gasteiger partial charge is 0.246 e. The molecule has 168 valence electrons. The van der Waals surface area contributed by atoms with Crippen LogP contribution in [0.5, 0.6) is 0 Å². The normalized spacial score (nSPS) is 16.8. The molecule has 4 aromatic rings. The van der Waals surface area contributed by atoms with Gasteiger partial charge in [0, 0.05) is 12.1 Å². The lowest BCUT2D eigenvalue weighted by atomic mass is 10.1. The number of nitrogens with one attached hydrogen (secondary N) is 1. The molecule has 1 amide bonds. The zero-order valence-electron chi connectivity index (χ0n) is 17.7. The SMILES string of the molecule is O=C(NCc1nc(-c2ccccc2)no1)C1CCCN1S(=O)(=O)c1ccc2ccccc2c1. The standard InChI is InChI=1S/C24H22N4O4S/c29-24(25-16-22-26-23(27-32-22)18-8-2-1-3-9-18)21-11-6-14-28(21)33(30,31)20-13-12-17-7-4-5-10-19(17)15-20/h1-5,7-10,12-13,15,21H,6,11,14,16H2,(H,25,29). The number of carbonyl (C=O) groups is 1. The third-order valence-corrected chi connectivity index (χ3v) is 7.65. The maximum atomic E-state index is 13.3. The number of hydrogen-bond acceptors (Lipinski definition) is 6. The van der Waals surface area contributed by atoms with Gasteiger partial charge in [-0.15, -0.1) is 0 Å². The van der Waals surface area contributed by atoms with Crippen molar-refractivity contribution in [3.8, 4) is 11.4 Å². The first-order valence-corrected chi connectivity index (χ1v) is 12.1. The fraction of sp³-hybridized carbons (Fsp3) is 0.208. The number of sulfonamides is 1. The highest BCUT2D eigenvalue weighted by molar-refractivity contribution is 7.89. The highest BCUT2D eigenvalue weighted by Gasteiger charge is 2.39. The third kappa shape index (κ3) is 4.24. The lowest BCUT2D eigenvalue weighted by molar-refractivity contribution is -0.124. The van der Waals surface area contributed by atoms with Crippen LogP contribution in [0.25, 0.3) is 22.2 Å². The van der Waals surface area contributed by atoms with E-state index in [2.05, 4.69) is 15.5 Å². The molecule has 1 atom stereocenters. The summed E-state index contributed by atoms with van der Waals surface area (Å²) in [6.45, 7) is 0.324. The quantitative estimate of drug-likeness (QED) is 0.471. The fourth-order valence-corrected chi connectivity index (χ4v) is 5.76. The lowest BCUT2D eigenvalue weighted by Crippen LogP contribution is -2.45. The molecule has 0 spiro atoms. The Bertz CT molecular complexity index is 1400. The van der Waals surface area contributed by atoms with Crippen LogP contribution in [0, 0.1) is 0 Å². The number of amides is 1. The van der Waals surface area contributed by atoms with Crippen molar-refractivity contribution in [1.82, 2.24) is 19.8 Å². The number of carbonyl (C=O) groups excluding carboxylic acids is 1. The van der Waals surface area contributed by atoms with Crippen molar-refractivity contribution in [2.75, 3.05) is 6.54 Å². The fourth-order valence-electron chi connectivity index (χ4n) is 4.06. The molecule has 1 aliphatic rings. The summed E-state index contributed by atoms with van der Waals surface area (Å²) < 4.78 is 33.2. The molecule has 1 aromatic heterocycles. The average Bonchev–Trinajstić information content (AvgIpc) is 3.53. The van der Waals surface area contributed by atoms with Gasteiger partial charge in [0.2, 0.25) is 27.6 Å². The van der Waals surface area contributed by atoms with Crippen molar-refractivity contribution in [2.24, 2.45) is 0 Å². The Labute approximate surface area is 191 Å². The van der Waals surface area contributed by atoms with E-state index in [0.29, 0.717) is 25.2 Å². The molecule has 0 saturated carbocycles. The van der Waals surface area contributed by atoms with Gasteiger partial charge in [-0.05, 0) is 35.7 Å². The molecular formula is C24H22N4O4S. The van der Waals surface area contributed by atoms with Crippen LogP contribution in [0.1, 0.15) is 18.7 Å². The Morgan fingerprint density at radius 1 is 1.03 bits per heavy atom. The molecule has 0 aliphatic carbocycles. The first-order valence-electron chi connectivity index (χ1n) is 10.7. The average molecular weight is 463 g/mol. The van der Waals surface area contributed by atoms with E-state index in [0.717, 1.165) is 16.3 Å². The Kier molecular flexibility index (Phi) is 5.65. The summed E-state index contributed by atoms with van der Waals surface area (Å²) in [5.74, 6) is 0.307. The maximum absolute atomic E-state index is 13.3. The summed E-state index contributed by atoms with van der Waals surface area (Å²) >= 11 is 0. The van der Waals surface area contributed by atoms with Crippen LogP contribution in [0.3, 0.4) is 0 Å². The molecule has 0 radical (unpaired) electrons. The molecule has 33 heavy (non-hydrogen) atoms. The molecular weight excluding hydrogens is 440 g/mol. The molecule has 1 fully saturated rings. The van der Waals surface area contributed by atoms with Crippen LogP contribution < -0.4 is 5.32 Å². The number of rotatable bonds is 6. The molecule has 8 nitrogen and oxygen atoms in total. The van der Waals surface area contributed by atoms with E-state index < -0.39 is 16.1 Å². The van der Waals surface area contributed by atoms with Gasteiger partial charge in [-0.25, -0.2) is 8.42 Å². The van der Waals surface area contributed by atoms with Crippen LogP contribution in [-0.4, -0.2) is 41.4 Å². The predicted molar refractivity (Wildman–Crippen MR) is 122 cm³/mol. The van der Waals surface area contributed by atoms with Gasteiger partial charge in [-0.2, -0.15) is 9.29 Å². The second-order valence-corrected chi connectivity index (χ2v) is 9.77. The summed E-state index contributed by atoms with van der Waals surface area (Å²) in [5.41, 5.74) is 0.808. The van der Waals surface area contributed by atoms with Crippen LogP contribution in [0.15, 0.2) is 82.2 Å². The second kappa shape index (κ2) is 8.76. The number of aromatic nitrogens is 2. The summed E-state index contributed by atoms with van der Waals surface area (Å²) in [7, 11) is -3.82. The maximum Gasteiger partial charge on any atom is 0.246 e. The predicted octanol–water partition coefficient (Wildman–Crippen LogP) is 3.36. The van der Waals surface area contributed by atoms with Gasteiger partial charge in [0.25, 0.3) is 0 Å². The molecule has 3 aromatic carbocycles. The highest BCUT2D eigenvalue weighted by Crippen LogP contribution is 2.28. The minimum Gasteiger partial charge on any atom is -0.346 e.